The van der Waals surface area contributed by atoms with Gasteiger partial charge in [-0.25, -0.2) is 9.37 Å². The molecule has 1 heterocycles. The summed E-state index contributed by atoms with van der Waals surface area (Å²) in [5, 5.41) is 1.24. The number of nitrogens with zero attached hydrogens (tertiary/aromatic N) is 1. The van der Waals surface area contributed by atoms with Gasteiger partial charge < -0.3 is 5.73 Å². The SMILES string of the molecule is NCc1ccc(Sc2ccc(Cl)cn2)c(F)c1Br. The summed E-state index contributed by atoms with van der Waals surface area (Å²) >= 11 is 10.2. The van der Waals surface area contributed by atoms with Gasteiger partial charge in [0.05, 0.1) is 14.4 Å². The standard InChI is InChI=1S/C12H9BrClFN2S/c13-11-7(5-16)1-3-9(12(11)15)18-10-4-2-8(14)6-17-10/h1-4,6H,5,16H2. The van der Waals surface area contributed by atoms with Gasteiger partial charge in [-0.15, -0.1) is 0 Å². The molecule has 0 fully saturated rings. The molecular weight excluding hydrogens is 339 g/mol. The highest BCUT2D eigenvalue weighted by Crippen LogP contribution is 2.33. The maximum absolute atomic E-state index is 14.0. The maximum atomic E-state index is 14.0. The first-order chi connectivity index (χ1) is 8.61. The zero-order valence-corrected chi connectivity index (χ0v) is 12.3. The van der Waals surface area contributed by atoms with Crippen LogP contribution in [0.5, 0.6) is 0 Å². The maximum Gasteiger partial charge on any atom is 0.151 e. The van der Waals surface area contributed by atoms with E-state index in [0.29, 0.717) is 26.0 Å². The summed E-state index contributed by atoms with van der Waals surface area (Å²) in [5.74, 6) is -0.320. The van der Waals surface area contributed by atoms with E-state index in [-0.39, 0.29) is 5.82 Å². The quantitative estimate of drug-likeness (QED) is 0.902. The Hall–Kier alpha value is -0.620. The number of halogens is 3. The number of rotatable bonds is 3. The number of hydrogen-bond donors (Lipinski definition) is 1. The third-order valence-corrected chi connectivity index (χ3v) is 4.33. The third-order valence-electron chi connectivity index (χ3n) is 2.26. The van der Waals surface area contributed by atoms with Crippen LogP contribution in [0.2, 0.25) is 5.02 Å². The topological polar surface area (TPSA) is 38.9 Å². The summed E-state index contributed by atoms with van der Waals surface area (Å²) in [7, 11) is 0. The van der Waals surface area contributed by atoms with Crippen LogP contribution in [0.25, 0.3) is 0 Å². The molecule has 6 heteroatoms. The predicted molar refractivity (Wildman–Crippen MR) is 75.4 cm³/mol. The third kappa shape index (κ3) is 3.03. The molecular formula is C12H9BrClFN2S. The lowest BCUT2D eigenvalue weighted by Crippen LogP contribution is -1.99. The van der Waals surface area contributed by atoms with E-state index in [9.17, 15) is 4.39 Å². The van der Waals surface area contributed by atoms with Crippen LogP contribution in [-0.2, 0) is 6.54 Å². The fourth-order valence-corrected chi connectivity index (χ4v) is 2.89. The average Bonchev–Trinajstić information content (AvgIpc) is 2.38. The lowest BCUT2D eigenvalue weighted by atomic mass is 10.2. The summed E-state index contributed by atoms with van der Waals surface area (Å²) in [4.78, 5) is 4.61. The Morgan fingerprint density at radius 1 is 1.33 bits per heavy atom. The lowest BCUT2D eigenvalue weighted by molar-refractivity contribution is 0.592. The highest BCUT2D eigenvalue weighted by atomic mass is 79.9. The number of hydrogen-bond acceptors (Lipinski definition) is 3. The summed E-state index contributed by atoms with van der Waals surface area (Å²) in [6.07, 6.45) is 1.53. The second-order valence-electron chi connectivity index (χ2n) is 3.47. The normalized spacial score (nSPS) is 10.7. The van der Waals surface area contributed by atoms with Crippen LogP contribution in [0.1, 0.15) is 5.56 Å². The van der Waals surface area contributed by atoms with Gasteiger partial charge >= 0.3 is 0 Å². The van der Waals surface area contributed by atoms with Gasteiger partial charge in [0, 0.05) is 12.7 Å². The van der Waals surface area contributed by atoms with Crippen LogP contribution in [0.4, 0.5) is 4.39 Å². The molecule has 1 aromatic heterocycles. The van der Waals surface area contributed by atoms with Gasteiger partial charge in [-0.05, 0) is 39.7 Å². The van der Waals surface area contributed by atoms with Crippen LogP contribution < -0.4 is 5.73 Å². The molecule has 94 valence electrons. The van der Waals surface area contributed by atoms with E-state index in [0.717, 1.165) is 5.56 Å². The van der Waals surface area contributed by atoms with E-state index < -0.39 is 0 Å². The Morgan fingerprint density at radius 3 is 2.72 bits per heavy atom. The van der Waals surface area contributed by atoms with Gasteiger partial charge in [0.2, 0.25) is 0 Å². The van der Waals surface area contributed by atoms with Crippen molar-refractivity contribution in [1.29, 1.82) is 0 Å². The summed E-state index contributed by atoms with van der Waals surface area (Å²) in [6, 6.07) is 6.96. The second kappa shape index (κ2) is 6.02. The van der Waals surface area contributed by atoms with Crippen molar-refractivity contribution in [3.05, 3.63) is 51.3 Å². The Labute approximate surface area is 122 Å². The number of nitrogens with two attached hydrogens (primary N) is 1. The van der Waals surface area contributed by atoms with Crippen LogP contribution in [0, 0.1) is 5.82 Å². The van der Waals surface area contributed by atoms with Crippen molar-refractivity contribution >= 4 is 39.3 Å². The highest BCUT2D eigenvalue weighted by molar-refractivity contribution is 9.10. The molecule has 0 bridgehead atoms. The Morgan fingerprint density at radius 2 is 2.11 bits per heavy atom. The predicted octanol–water partition coefficient (Wildman–Crippen LogP) is 4.25. The Balaban J connectivity index is 2.29. The molecule has 0 spiro atoms. The summed E-state index contributed by atoms with van der Waals surface area (Å²) in [6.45, 7) is 0.293. The van der Waals surface area contributed by atoms with Crippen LogP contribution in [0.15, 0.2) is 44.9 Å². The van der Waals surface area contributed by atoms with Crippen molar-refractivity contribution in [3.8, 4) is 0 Å². The van der Waals surface area contributed by atoms with E-state index in [2.05, 4.69) is 20.9 Å². The molecule has 0 saturated heterocycles. The molecule has 0 radical (unpaired) electrons. The molecule has 2 aromatic rings. The molecule has 0 aliphatic heterocycles. The highest BCUT2D eigenvalue weighted by Gasteiger charge is 2.12. The minimum absolute atomic E-state index is 0.293. The van der Waals surface area contributed by atoms with Crippen molar-refractivity contribution in [3.63, 3.8) is 0 Å². The fourth-order valence-electron chi connectivity index (χ4n) is 1.34. The zero-order chi connectivity index (χ0) is 13.1. The van der Waals surface area contributed by atoms with E-state index in [1.807, 2.05) is 0 Å². The van der Waals surface area contributed by atoms with Crippen molar-refractivity contribution < 1.29 is 4.39 Å². The van der Waals surface area contributed by atoms with Crippen LogP contribution in [-0.4, -0.2) is 4.98 Å². The second-order valence-corrected chi connectivity index (χ2v) is 5.76. The van der Waals surface area contributed by atoms with Gasteiger partial charge in [0.1, 0.15) is 5.03 Å². The number of aromatic nitrogens is 1. The first-order valence-corrected chi connectivity index (χ1v) is 7.07. The molecule has 1 aromatic carbocycles. The molecule has 0 aliphatic carbocycles. The molecule has 2 rings (SSSR count). The fraction of sp³-hybridized carbons (Fsp3) is 0.0833. The van der Waals surface area contributed by atoms with Crippen LogP contribution in [0.3, 0.4) is 0 Å². The number of benzene rings is 1. The molecule has 18 heavy (non-hydrogen) atoms. The lowest BCUT2D eigenvalue weighted by Gasteiger charge is -2.07. The number of pyridine rings is 1. The van der Waals surface area contributed by atoms with E-state index in [1.165, 1.54) is 18.0 Å². The first kappa shape index (κ1) is 13.8. The monoisotopic (exact) mass is 346 g/mol. The zero-order valence-electron chi connectivity index (χ0n) is 9.16. The molecule has 0 atom stereocenters. The molecule has 0 aliphatic rings. The Bertz CT molecular complexity index is 563. The van der Waals surface area contributed by atoms with Crippen molar-refractivity contribution in [1.82, 2.24) is 4.98 Å². The van der Waals surface area contributed by atoms with E-state index in [4.69, 9.17) is 17.3 Å². The minimum atomic E-state index is -0.320. The van der Waals surface area contributed by atoms with Crippen molar-refractivity contribution in [2.45, 2.75) is 16.5 Å². The molecule has 2 nitrogen and oxygen atoms in total. The van der Waals surface area contributed by atoms with Gasteiger partial charge in [0.15, 0.2) is 5.82 Å². The molecule has 0 unspecified atom stereocenters. The first-order valence-electron chi connectivity index (χ1n) is 5.08. The van der Waals surface area contributed by atoms with E-state index in [1.54, 1.807) is 24.3 Å². The van der Waals surface area contributed by atoms with Gasteiger partial charge in [-0.2, -0.15) is 0 Å². The van der Waals surface area contributed by atoms with Gasteiger partial charge in [-0.1, -0.05) is 29.4 Å². The summed E-state index contributed by atoms with van der Waals surface area (Å²) in [5.41, 5.74) is 6.25. The minimum Gasteiger partial charge on any atom is -0.326 e. The average molecular weight is 348 g/mol. The van der Waals surface area contributed by atoms with Crippen LogP contribution >= 0.6 is 39.3 Å². The largest absolute Gasteiger partial charge is 0.326 e. The van der Waals surface area contributed by atoms with Gasteiger partial charge in [0.25, 0.3) is 0 Å². The summed E-state index contributed by atoms with van der Waals surface area (Å²) < 4.78 is 14.4. The van der Waals surface area contributed by atoms with Gasteiger partial charge in [-0.3, -0.25) is 0 Å². The molecule has 0 saturated carbocycles. The van der Waals surface area contributed by atoms with E-state index >= 15 is 0 Å². The van der Waals surface area contributed by atoms with Crippen molar-refractivity contribution in [2.75, 3.05) is 0 Å². The smallest absolute Gasteiger partial charge is 0.151 e. The van der Waals surface area contributed by atoms with Crippen molar-refractivity contribution in [2.24, 2.45) is 5.73 Å². The Kier molecular flexibility index (Phi) is 4.61. The molecule has 2 N–H and O–H groups in total. The molecule has 0 amide bonds.